The highest BCUT2D eigenvalue weighted by molar-refractivity contribution is 9.10. The topological polar surface area (TPSA) is 62.7 Å². The van der Waals surface area contributed by atoms with Crippen LogP contribution < -0.4 is 10.6 Å². The molecule has 25 heavy (non-hydrogen) atoms. The van der Waals surface area contributed by atoms with Crippen molar-refractivity contribution in [2.75, 3.05) is 10.6 Å². The standard InChI is InChI=1S/C19H18BrN5/c20-14-6-4-13(5-7-14)12-22-18-11-17(16-3-1-2-10-21-16)24-19(25-18)23-15-8-9-15/h1-7,10-11,15H,8-9,12H2,(H2,22,23,24,25). The van der Waals surface area contributed by atoms with Gasteiger partial charge in [0.05, 0.1) is 11.4 Å². The number of pyridine rings is 1. The molecule has 1 aromatic carbocycles. The van der Waals surface area contributed by atoms with E-state index in [0.29, 0.717) is 18.5 Å². The van der Waals surface area contributed by atoms with Crippen LogP contribution in [-0.4, -0.2) is 21.0 Å². The van der Waals surface area contributed by atoms with E-state index in [4.69, 9.17) is 0 Å². The zero-order valence-corrected chi connectivity index (χ0v) is 15.2. The van der Waals surface area contributed by atoms with Crippen LogP contribution in [0.15, 0.2) is 59.2 Å². The number of anilines is 2. The third kappa shape index (κ3) is 4.33. The first kappa shape index (κ1) is 16.0. The number of nitrogens with zero attached hydrogens (tertiary/aromatic N) is 3. The van der Waals surface area contributed by atoms with Crippen LogP contribution in [0, 0.1) is 0 Å². The van der Waals surface area contributed by atoms with Gasteiger partial charge >= 0.3 is 0 Å². The number of hydrogen-bond donors (Lipinski definition) is 2. The molecule has 1 aliphatic carbocycles. The van der Waals surface area contributed by atoms with E-state index in [-0.39, 0.29) is 0 Å². The molecule has 0 radical (unpaired) electrons. The van der Waals surface area contributed by atoms with Crippen molar-refractivity contribution in [1.29, 1.82) is 0 Å². The molecule has 0 aliphatic heterocycles. The van der Waals surface area contributed by atoms with Gasteiger partial charge in [-0.2, -0.15) is 4.98 Å². The van der Waals surface area contributed by atoms with E-state index in [0.717, 1.165) is 21.7 Å². The normalized spacial score (nSPS) is 13.5. The van der Waals surface area contributed by atoms with Crippen LogP contribution in [0.1, 0.15) is 18.4 Å². The Labute approximate surface area is 155 Å². The molecule has 5 nitrogen and oxygen atoms in total. The number of halogens is 1. The first-order valence-electron chi connectivity index (χ1n) is 8.31. The molecular weight excluding hydrogens is 378 g/mol. The zero-order valence-electron chi connectivity index (χ0n) is 13.6. The minimum absolute atomic E-state index is 0.498. The fraction of sp³-hybridized carbons (Fsp3) is 0.211. The van der Waals surface area contributed by atoms with Crippen LogP contribution in [0.3, 0.4) is 0 Å². The number of hydrogen-bond acceptors (Lipinski definition) is 5. The van der Waals surface area contributed by atoms with Crippen molar-refractivity contribution in [1.82, 2.24) is 15.0 Å². The minimum Gasteiger partial charge on any atom is -0.366 e. The zero-order chi connectivity index (χ0) is 17.1. The number of nitrogens with one attached hydrogen (secondary N) is 2. The van der Waals surface area contributed by atoms with Crippen molar-refractivity contribution in [3.05, 3.63) is 64.8 Å². The second-order valence-electron chi connectivity index (χ2n) is 6.08. The summed E-state index contributed by atoms with van der Waals surface area (Å²) in [5.41, 5.74) is 2.85. The quantitative estimate of drug-likeness (QED) is 0.643. The van der Waals surface area contributed by atoms with Gasteiger partial charge in [0.2, 0.25) is 5.95 Å². The average Bonchev–Trinajstić information content (AvgIpc) is 3.46. The van der Waals surface area contributed by atoms with Gasteiger partial charge < -0.3 is 10.6 Å². The van der Waals surface area contributed by atoms with Crippen LogP contribution in [0.2, 0.25) is 0 Å². The lowest BCUT2D eigenvalue weighted by Crippen LogP contribution is -2.09. The van der Waals surface area contributed by atoms with Crippen LogP contribution in [0.25, 0.3) is 11.4 Å². The van der Waals surface area contributed by atoms with Crippen LogP contribution in [0.4, 0.5) is 11.8 Å². The Morgan fingerprint density at radius 3 is 2.56 bits per heavy atom. The summed E-state index contributed by atoms with van der Waals surface area (Å²) >= 11 is 3.46. The number of rotatable bonds is 6. The largest absolute Gasteiger partial charge is 0.366 e. The summed E-state index contributed by atoms with van der Waals surface area (Å²) < 4.78 is 1.08. The van der Waals surface area contributed by atoms with Gasteiger partial charge in [0, 0.05) is 29.3 Å². The molecule has 0 amide bonds. The summed E-state index contributed by atoms with van der Waals surface area (Å²) in [6.07, 6.45) is 4.14. The summed E-state index contributed by atoms with van der Waals surface area (Å²) in [7, 11) is 0. The second kappa shape index (κ2) is 7.19. The molecule has 1 aliphatic rings. The molecule has 1 fully saturated rings. The Kier molecular flexibility index (Phi) is 4.61. The summed E-state index contributed by atoms with van der Waals surface area (Å²) in [6.45, 7) is 0.703. The Hall–Kier alpha value is -2.47. The summed E-state index contributed by atoms with van der Waals surface area (Å²) in [5, 5.41) is 6.77. The fourth-order valence-corrected chi connectivity index (χ4v) is 2.72. The van der Waals surface area contributed by atoms with E-state index >= 15 is 0 Å². The van der Waals surface area contributed by atoms with E-state index in [1.165, 1.54) is 18.4 Å². The maximum Gasteiger partial charge on any atom is 0.225 e. The lowest BCUT2D eigenvalue weighted by molar-refractivity contribution is 1.03. The number of aromatic nitrogens is 3. The summed E-state index contributed by atoms with van der Waals surface area (Å²) in [4.78, 5) is 13.6. The van der Waals surface area contributed by atoms with Crippen molar-refractivity contribution in [3.8, 4) is 11.4 Å². The second-order valence-corrected chi connectivity index (χ2v) is 6.99. The molecule has 0 bridgehead atoms. The molecule has 2 heterocycles. The van der Waals surface area contributed by atoms with Gasteiger partial charge in [0.25, 0.3) is 0 Å². The maximum absolute atomic E-state index is 4.62. The SMILES string of the molecule is Brc1ccc(CNc2cc(-c3ccccn3)nc(NC3CC3)n2)cc1. The Balaban J connectivity index is 1.57. The van der Waals surface area contributed by atoms with Crippen molar-refractivity contribution in [2.45, 2.75) is 25.4 Å². The van der Waals surface area contributed by atoms with Gasteiger partial charge in [0.1, 0.15) is 5.82 Å². The first-order chi connectivity index (χ1) is 12.3. The van der Waals surface area contributed by atoms with Gasteiger partial charge in [0.15, 0.2) is 0 Å². The van der Waals surface area contributed by atoms with Crippen molar-refractivity contribution >= 4 is 27.7 Å². The predicted octanol–water partition coefficient (Wildman–Crippen LogP) is 4.49. The van der Waals surface area contributed by atoms with Crippen molar-refractivity contribution in [3.63, 3.8) is 0 Å². The molecule has 1 saturated carbocycles. The van der Waals surface area contributed by atoms with E-state index in [1.54, 1.807) is 6.20 Å². The highest BCUT2D eigenvalue weighted by atomic mass is 79.9. The van der Waals surface area contributed by atoms with E-state index < -0.39 is 0 Å². The molecule has 126 valence electrons. The van der Waals surface area contributed by atoms with Gasteiger partial charge in [-0.3, -0.25) is 4.98 Å². The monoisotopic (exact) mass is 395 g/mol. The lowest BCUT2D eigenvalue weighted by Gasteiger charge is -2.11. The van der Waals surface area contributed by atoms with Crippen molar-refractivity contribution < 1.29 is 0 Å². The van der Waals surface area contributed by atoms with E-state index in [1.807, 2.05) is 36.4 Å². The molecular formula is C19H18BrN5. The lowest BCUT2D eigenvalue weighted by atomic mass is 10.2. The van der Waals surface area contributed by atoms with Gasteiger partial charge in [-0.25, -0.2) is 4.98 Å². The Morgan fingerprint density at radius 1 is 1.00 bits per heavy atom. The Bertz CT molecular complexity index is 847. The molecule has 0 saturated heterocycles. The highest BCUT2D eigenvalue weighted by Gasteiger charge is 2.22. The summed E-state index contributed by atoms with van der Waals surface area (Å²) in [5.74, 6) is 1.45. The van der Waals surface area contributed by atoms with Gasteiger partial charge in [-0.15, -0.1) is 0 Å². The van der Waals surface area contributed by atoms with Crippen LogP contribution >= 0.6 is 15.9 Å². The highest BCUT2D eigenvalue weighted by Crippen LogP contribution is 2.26. The first-order valence-corrected chi connectivity index (χ1v) is 9.11. The third-order valence-electron chi connectivity index (χ3n) is 3.95. The van der Waals surface area contributed by atoms with Crippen LogP contribution in [-0.2, 0) is 6.54 Å². The van der Waals surface area contributed by atoms with Crippen LogP contribution in [0.5, 0.6) is 0 Å². The minimum atomic E-state index is 0.498. The Morgan fingerprint density at radius 2 is 1.84 bits per heavy atom. The predicted molar refractivity (Wildman–Crippen MR) is 103 cm³/mol. The molecule has 2 aromatic heterocycles. The number of benzene rings is 1. The summed E-state index contributed by atoms with van der Waals surface area (Å²) in [6, 6.07) is 16.5. The molecule has 2 N–H and O–H groups in total. The molecule has 6 heteroatoms. The molecule has 0 spiro atoms. The molecule has 4 rings (SSSR count). The molecule has 0 atom stereocenters. The van der Waals surface area contributed by atoms with Gasteiger partial charge in [-0.1, -0.05) is 34.1 Å². The maximum atomic E-state index is 4.62. The smallest absolute Gasteiger partial charge is 0.225 e. The fourth-order valence-electron chi connectivity index (χ4n) is 2.45. The average molecular weight is 396 g/mol. The molecule has 3 aromatic rings. The van der Waals surface area contributed by atoms with E-state index in [9.17, 15) is 0 Å². The van der Waals surface area contributed by atoms with Crippen molar-refractivity contribution in [2.24, 2.45) is 0 Å². The van der Waals surface area contributed by atoms with Gasteiger partial charge in [-0.05, 0) is 42.7 Å². The van der Waals surface area contributed by atoms with E-state index in [2.05, 4.69) is 53.6 Å². The molecule has 0 unspecified atom stereocenters. The third-order valence-corrected chi connectivity index (χ3v) is 4.48.